The normalized spacial score (nSPS) is 14.8. The summed E-state index contributed by atoms with van der Waals surface area (Å²) < 4.78 is 92.8. The van der Waals surface area contributed by atoms with Gasteiger partial charge in [-0.1, -0.05) is 105 Å². The fraction of sp³-hybridized carbons (Fsp3) is 0.382. The third-order valence-electron chi connectivity index (χ3n) is 26.3. The van der Waals surface area contributed by atoms with Crippen LogP contribution in [0, 0.1) is 59.3 Å². The molecule has 0 bridgehead atoms. The number of amides is 4. The van der Waals surface area contributed by atoms with E-state index in [1.54, 1.807) is 126 Å². The van der Waals surface area contributed by atoms with Gasteiger partial charge in [-0.2, -0.15) is 26.3 Å². The molecule has 0 spiro atoms. The second-order valence-electron chi connectivity index (χ2n) is 35.6. The zero-order valence-corrected chi connectivity index (χ0v) is 83.3. The molecule has 4 saturated heterocycles. The number of hydrogen-bond donors (Lipinski definition) is 1. The van der Waals surface area contributed by atoms with Gasteiger partial charge in [0.25, 0.3) is 23.6 Å². The third-order valence-corrected chi connectivity index (χ3v) is 29.4. The number of nitrogens with zero attached hydrogens (tertiary/aromatic N) is 10. The van der Waals surface area contributed by atoms with Gasteiger partial charge in [0.1, 0.15) is 34.4 Å². The van der Waals surface area contributed by atoms with Gasteiger partial charge in [-0.05, 0) is 253 Å². The van der Waals surface area contributed by atoms with E-state index in [9.17, 15) is 59.9 Å². The third kappa shape index (κ3) is 22.6. The number of piperidine rings is 3. The van der Waals surface area contributed by atoms with E-state index in [4.69, 9.17) is 97.5 Å². The summed E-state index contributed by atoms with van der Waals surface area (Å²) in [6.45, 7) is 25.6. The molecule has 12 aromatic rings. The number of aryl methyl sites for hydroxylation is 9. The summed E-state index contributed by atoms with van der Waals surface area (Å²) in [5.41, 5.74) is 15.3. The first-order chi connectivity index (χ1) is 63.7. The molecule has 4 aliphatic heterocycles. The first-order valence-corrected chi connectivity index (χ1v) is 47.5. The van der Waals surface area contributed by atoms with E-state index in [1.165, 1.54) is 39.2 Å². The number of likely N-dealkylation sites (tertiary alicyclic amines) is 3. The van der Waals surface area contributed by atoms with Gasteiger partial charge in [0.2, 0.25) is 0 Å². The van der Waals surface area contributed by atoms with Gasteiger partial charge in [-0.15, -0.1) is 0 Å². The molecule has 16 rings (SSSR count). The highest BCUT2D eigenvalue weighted by Crippen LogP contribution is 2.43. The van der Waals surface area contributed by atoms with E-state index in [2.05, 4.69) is 88.3 Å². The quantitative estimate of drug-likeness (QED) is 0.0802. The van der Waals surface area contributed by atoms with E-state index < -0.39 is 23.6 Å². The number of ether oxygens (including phenoxy) is 1. The Kier molecular flexibility index (Phi) is 32.3. The zero-order valence-electron chi connectivity index (χ0n) is 77.2. The molecule has 33 heteroatoms. The molecule has 4 amide bonds. The number of Topliss-reactive ketones (excluding diaryl/α,β-unsaturated/α-hetero) is 3. The fourth-order valence-corrected chi connectivity index (χ4v) is 21.0. The van der Waals surface area contributed by atoms with Crippen LogP contribution in [0.3, 0.4) is 0 Å². The summed E-state index contributed by atoms with van der Waals surface area (Å²) in [5, 5.41) is 9.48. The van der Waals surface area contributed by atoms with Crippen LogP contribution in [-0.4, -0.2) is 161 Å². The Bertz CT molecular complexity index is 6680. The summed E-state index contributed by atoms with van der Waals surface area (Å²) in [6, 6.07) is 26.0. The lowest BCUT2D eigenvalue weighted by atomic mass is 9.92. The highest BCUT2D eigenvalue weighted by Gasteiger charge is 2.38. The van der Waals surface area contributed by atoms with E-state index in [-0.39, 0.29) is 98.1 Å². The maximum absolute atomic E-state index is 13.3. The van der Waals surface area contributed by atoms with Crippen LogP contribution in [0.25, 0.3) is 49.4 Å². The summed E-state index contributed by atoms with van der Waals surface area (Å²) in [4.78, 5) is 102. The molecule has 1 N–H and O–H groups in total. The largest absolute Gasteiger partial charge is 0.433 e. The van der Waals surface area contributed by atoms with Crippen molar-refractivity contribution in [2.75, 3.05) is 72.6 Å². The Hall–Kier alpha value is -9.93. The van der Waals surface area contributed by atoms with Crippen molar-refractivity contribution in [3.05, 3.63) is 268 Å². The summed E-state index contributed by atoms with van der Waals surface area (Å²) >= 11 is 52.8. The van der Waals surface area contributed by atoms with Crippen molar-refractivity contribution in [2.24, 2.45) is 38.9 Å². The van der Waals surface area contributed by atoms with Crippen LogP contribution in [-0.2, 0) is 78.4 Å². The molecule has 10 heterocycles. The maximum atomic E-state index is 13.3. The lowest BCUT2D eigenvalue weighted by Crippen LogP contribution is -2.40. The minimum absolute atomic E-state index is 0.0308. The number of halogens is 14. The van der Waals surface area contributed by atoms with Crippen LogP contribution in [0.1, 0.15) is 197 Å². The molecular formula is C102H105Cl8F6N11O8. The predicted molar refractivity (Wildman–Crippen MR) is 525 cm³/mol. The van der Waals surface area contributed by atoms with Gasteiger partial charge < -0.3 is 52.7 Å². The van der Waals surface area contributed by atoms with Gasteiger partial charge in [0.05, 0.1) is 72.6 Å². The van der Waals surface area contributed by atoms with Crippen molar-refractivity contribution in [2.45, 2.75) is 145 Å². The van der Waals surface area contributed by atoms with Gasteiger partial charge in [-0.25, -0.2) is 9.97 Å². The number of morpholine rings is 1. The minimum Gasteiger partial charge on any atom is -0.388 e. The van der Waals surface area contributed by atoms with Gasteiger partial charge in [0, 0.05) is 207 Å². The van der Waals surface area contributed by atoms with Crippen molar-refractivity contribution in [1.29, 1.82) is 0 Å². The first-order valence-electron chi connectivity index (χ1n) is 44.4. The minimum atomic E-state index is -4.55. The molecule has 0 atom stereocenters. The van der Waals surface area contributed by atoms with Crippen LogP contribution in [0.2, 0.25) is 40.2 Å². The number of rotatable bonds is 18. The SMILES string of the molecule is C=C(NC)c1cc(C)c2cc(Cc3c(Cl)ccc(C(=O)N4CCOCC4)c3Cl)n(C)c2c1.CC(=O)C1CCN(C(=O)c2ccc(Cl)c(Cc3cc4c(C)cc(C(F)(F)F)nc4n3C)c2Cl)CC1.CC(=O)C1CCN(C(=O)c2ccc(Cl)c(Cc3cn(C)c4cc(C)cc(C)c34)c2Cl)CC1.CC(=O)CC1CCN(C(=O)c2ncc(Cl)c(Cn3cc(C)c4cc(C(F)(F)F)cc(C)c43)c2Cl)CC1. The number of hydrogen-bond acceptors (Lipinski definition) is 11. The molecule has 6 aromatic carbocycles. The molecule has 0 unspecified atom stereocenters. The summed E-state index contributed by atoms with van der Waals surface area (Å²) in [7, 11) is 7.58. The molecule has 135 heavy (non-hydrogen) atoms. The topological polar surface area (TPSA) is 199 Å². The van der Waals surface area contributed by atoms with Crippen molar-refractivity contribution >= 4 is 183 Å². The molecule has 4 fully saturated rings. The van der Waals surface area contributed by atoms with Crippen LogP contribution in [0.15, 0.2) is 116 Å². The second-order valence-corrected chi connectivity index (χ2v) is 38.8. The van der Waals surface area contributed by atoms with Gasteiger partial charge in [0.15, 0.2) is 0 Å². The average molecular weight is 2010 g/mol. The van der Waals surface area contributed by atoms with Crippen LogP contribution >= 0.6 is 92.8 Å². The van der Waals surface area contributed by atoms with Gasteiger partial charge >= 0.3 is 12.4 Å². The number of aromatic nitrogens is 6. The number of carbonyl (C=O) groups is 7. The molecule has 0 saturated carbocycles. The van der Waals surface area contributed by atoms with Crippen molar-refractivity contribution in [3.63, 3.8) is 0 Å². The van der Waals surface area contributed by atoms with Crippen LogP contribution in [0.4, 0.5) is 26.3 Å². The Morgan fingerprint density at radius 3 is 1.48 bits per heavy atom. The number of carbonyl (C=O) groups excluding carboxylic acids is 7. The number of fused-ring (bicyclic) bond motifs is 4. The number of nitrogens with one attached hydrogen (secondary N) is 1. The summed E-state index contributed by atoms with van der Waals surface area (Å²) in [5.74, 6) is 0.0317. The van der Waals surface area contributed by atoms with Crippen LogP contribution < -0.4 is 5.32 Å². The van der Waals surface area contributed by atoms with E-state index in [1.807, 2.05) is 21.1 Å². The maximum Gasteiger partial charge on any atom is 0.433 e. The van der Waals surface area contributed by atoms with Crippen molar-refractivity contribution in [3.8, 4) is 0 Å². The Labute approximate surface area is 820 Å². The van der Waals surface area contributed by atoms with Crippen LogP contribution in [0.5, 0.6) is 0 Å². The Balaban J connectivity index is 0.000000153. The fourth-order valence-electron chi connectivity index (χ4n) is 18.7. The molecule has 19 nitrogen and oxygen atoms in total. The van der Waals surface area contributed by atoms with E-state index >= 15 is 0 Å². The average Bonchev–Trinajstić information content (AvgIpc) is 1.60. The lowest BCUT2D eigenvalue weighted by Gasteiger charge is -2.31. The highest BCUT2D eigenvalue weighted by molar-refractivity contribution is 6.40. The summed E-state index contributed by atoms with van der Waals surface area (Å²) in [6.07, 6.45) is 2.15. The number of ketones is 3. The van der Waals surface area contributed by atoms with E-state index in [0.29, 0.717) is 202 Å². The molecule has 0 radical (unpaired) electrons. The predicted octanol–water partition coefficient (Wildman–Crippen LogP) is 24.3. The molecule has 6 aromatic heterocycles. The second kappa shape index (κ2) is 42.6. The number of pyridine rings is 2. The monoisotopic (exact) mass is 2010 g/mol. The number of benzene rings is 6. The zero-order chi connectivity index (χ0) is 98.2. The number of alkyl halides is 6. The Morgan fingerprint density at radius 1 is 0.489 bits per heavy atom. The van der Waals surface area contributed by atoms with Crippen molar-refractivity contribution in [1.82, 2.24) is 53.2 Å². The smallest absolute Gasteiger partial charge is 0.388 e. The van der Waals surface area contributed by atoms with E-state index in [0.717, 1.165) is 70.2 Å². The first kappa shape index (κ1) is 102. The van der Waals surface area contributed by atoms with Gasteiger partial charge in [-0.3, -0.25) is 28.8 Å². The lowest BCUT2D eigenvalue weighted by molar-refractivity contribution is -0.141. The molecule has 4 aliphatic rings. The standard InChI is InChI=1S/C26H26Cl2F3N3O2.C26H28Cl2N2O2.C25H24Cl2F3N3O2.C25H27Cl2N3O2/c1-14-8-18(26(29,30)31)10-19-15(2)12-34(24(14)19)13-20-21(27)11-32-23(22(20)28)25(36)33-6-4-17(5-7-33)9-16(3)35;1-15-11-16(2)24-19(14-29(4)23(24)12-15)13-21-22(27)6-5-20(25(21)28)26(32)30-9-7-18(8-10-30)17(3)31;1-13-10-21(25(28,29)30)31-23-18(13)11-16(32(23)3)12-19-20(26)5-4-17(22(19)27)24(35)33-8-6-15(7-9-33)14(2)34;1-15-11-17(16(2)28-3)12-23-20(15)13-18(29(23)4)14-21-22(26)6-5-19(24(21)27)25(31)30-7-9-32-10-8-30/h8,10-12,17H,4-7,9,13H2,1-3H3;5-6,11-12,14,18H,7-10,13H2,1-4H3;4-5,10-11,15H,6-9,12H2,1-3H3;5-6,11-13,28H,2,7-10,14H2,1,3-4H3. The molecule has 0 aliphatic carbocycles. The molecular weight excluding hydrogens is 1900 g/mol. The highest BCUT2D eigenvalue weighted by atomic mass is 35.5. The Morgan fingerprint density at radius 2 is 0.978 bits per heavy atom. The van der Waals surface area contributed by atoms with Crippen molar-refractivity contribution < 1.29 is 64.6 Å². The molecule has 714 valence electrons.